The molecule has 1 saturated carbocycles. The molecule has 1 fully saturated rings. The predicted octanol–water partition coefficient (Wildman–Crippen LogP) is 1.11. The van der Waals surface area contributed by atoms with Gasteiger partial charge in [0.25, 0.3) is 5.91 Å². The number of amides is 1. The number of hydrogen-bond donors (Lipinski definition) is 2. The van der Waals surface area contributed by atoms with Gasteiger partial charge in [0.05, 0.1) is 6.20 Å². The molecule has 0 aliphatic heterocycles. The molecule has 2 rings (SSSR count). The van der Waals surface area contributed by atoms with E-state index in [-0.39, 0.29) is 11.9 Å². The van der Waals surface area contributed by atoms with E-state index in [9.17, 15) is 4.79 Å². The zero-order valence-corrected chi connectivity index (χ0v) is 8.86. The van der Waals surface area contributed by atoms with Gasteiger partial charge >= 0.3 is 0 Å². The maximum atomic E-state index is 11.6. The van der Waals surface area contributed by atoms with Crippen LogP contribution < -0.4 is 5.32 Å². The Morgan fingerprint density at radius 3 is 2.93 bits per heavy atom. The number of hydrogen-bond acceptors (Lipinski definition) is 3. The third-order valence-corrected chi connectivity index (χ3v) is 3.11. The molecule has 0 aromatic carbocycles. The molecule has 1 aromatic heterocycles. The van der Waals surface area contributed by atoms with E-state index in [0.29, 0.717) is 11.6 Å². The van der Waals surface area contributed by atoms with E-state index < -0.39 is 0 Å². The fraction of sp³-hybridized carbons (Fsp3) is 0.700. The zero-order chi connectivity index (χ0) is 10.7. The van der Waals surface area contributed by atoms with Gasteiger partial charge in [0, 0.05) is 6.04 Å². The van der Waals surface area contributed by atoms with Gasteiger partial charge in [0.2, 0.25) is 0 Å². The number of aromatic nitrogens is 3. The Balaban J connectivity index is 1.88. The minimum absolute atomic E-state index is 0.136. The Bertz CT molecular complexity index is 316. The summed E-state index contributed by atoms with van der Waals surface area (Å²) in [6.07, 6.45) is 6.46. The molecule has 0 radical (unpaired) electrons. The van der Waals surface area contributed by atoms with E-state index in [4.69, 9.17) is 0 Å². The van der Waals surface area contributed by atoms with Gasteiger partial charge in [0.15, 0.2) is 5.69 Å². The highest BCUT2D eigenvalue weighted by molar-refractivity contribution is 5.91. The van der Waals surface area contributed by atoms with Gasteiger partial charge in [-0.3, -0.25) is 4.79 Å². The highest BCUT2D eigenvalue weighted by atomic mass is 16.2. The van der Waals surface area contributed by atoms with Crippen LogP contribution in [0.5, 0.6) is 0 Å². The molecule has 1 aliphatic rings. The molecule has 15 heavy (non-hydrogen) atoms. The van der Waals surface area contributed by atoms with E-state index >= 15 is 0 Å². The van der Waals surface area contributed by atoms with Crippen molar-refractivity contribution in [1.82, 2.24) is 20.7 Å². The molecule has 1 atom stereocenters. The minimum atomic E-state index is -0.136. The molecule has 1 heterocycles. The van der Waals surface area contributed by atoms with Gasteiger partial charge < -0.3 is 5.32 Å². The smallest absolute Gasteiger partial charge is 0.273 e. The van der Waals surface area contributed by atoms with Crippen LogP contribution in [-0.2, 0) is 0 Å². The second-order valence-electron chi connectivity index (χ2n) is 4.16. The maximum absolute atomic E-state index is 11.6. The van der Waals surface area contributed by atoms with Crippen LogP contribution >= 0.6 is 0 Å². The first-order valence-electron chi connectivity index (χ1n) is 5.44. The lowest BCUT2D eigenvalue weighted by atomic mass is 10.00. The first-order valence-corrected chi connectivity index (χ1v) is 5.44. The highest BCUT2D eigenvalue weighted by Crippen LogP contribution is 2.27. The topological polar surface area (TPSA) is 70.7 Å². The van der Waals surface area contributed by atoms with E-state index in [1.165, 1.54) is 31.9 Å². The first kappa shape index (κ1) is 10.1. The molecule has 5 heteroatoms. The van der Waals surface area contributed by atoms with Crippen molar-refractivity contribution in [2.75, 3.05) is 0 Å². The molecular weight excluding hydrogens is 192 g/mol. The number of nitrogens with one attached hydrogen (secondary N) is 2. The molecular formula is C10H16N4O. The van der Waals surface area contributed by atoms with Crippen molar-refractivity contribution in [3.8, 4) is 0 Å². The van der Waals surface area contributed by atoms with E-state index in [0.717, 1.165) is 0 Å². The SMILES string of the molecule is CC(NC(=O)c1cn[nH]n1)C1CCCC1. The lowest BCUT2D eigenvalue weighted by Crippen LogP contribution is -2.37. The van der Waals surface area contributed by atoms with Gasteiger partial charge in [0.1, 0.15) is 0 Å². The summed E-state index contributed by atoms with van der Waals surface area (Å²) >= 11 is 0. The molecule has 0 spiro atoms. The number of carbonyl (C=O) groups is 1. The standard InChI is InChI=1S/C10H16N4O/c1-7(8-4-2-3-5-8)12-10(15)9-6-11-14-13-9/h6-8H,2-5H2,1H3,(H,12,15)(H,11,13,14). The van der Waals surface area contributed by atoms with E-state index in [1.54, 1.807) is 0 Å². The lowest BCUT2D eigenvalue weighted by Gasteiger charge is -2.19. The molecule has 5 nitrogen and oxygen atoms in total. The van der Waals surface area contributed by atoms with Crippen molar-refractivity contribution in [3.05, 3.63) is 11.9 Å². The second kappa shape index (κ2) is 4.42. The minimum Gasteiger partial charge on any atom is -0.348 e. The number of H-pyrrole nitrogens is 1. The van der Waals surface area contributed by atoms with E-state index in [1.807, 2.05) is 0 Å². The number of rotatable bonds is 3. The van der Waals surface area contributed by atoms with Crippen LogP contribution in [0.3, 0.4) is 0 Å². The van der Waals surface area contributed by atoms with Crippen molar-refractivity contribution < 1.29 is 4.79 Å². The number of aromatic amines is 1. The lowest BCUT2D eigenvalue weighted by molar-refractivity contribution is 0.0922. The summed E-state index contributed by atoms with van der Waals surface area (Å²) in [5.41, 5.74) is 0.361. The van der Waals surface area contributed by atoms with Gasteiger partial charge in [-0.1, -0.05) is 12.8 Å². The van der Waals surface area contributed by atoms with Crippen LogP contribution in [0, 0.1) is 5.92 Å². The normalized spacial score (nSPS) is 19.0. The Hall–Kier alpha value is -1.39. The summed E-state index contributed by atoms with van der Waals surface area (Å²) in [6, 6.07) is 0.233. The van der Waals surface area contributed by atoms with Crippen LogP contribution in [0.4, 0.5) is 0 Å². The summed E-state index contributed by atoms with van der Waals surface area (Å²) in [5, 5.41) is 12.8. The third kappa shape index (κ3) is 2.34. The average molecular weight is 208 g/mol. The van der Waals surface area contributed by atoms with Crippen LogP contribution in [0.15, 0.2) is 6.20 Å². The Morgan fingerprint density at radius 2 is 2.33 bits per heavy atom. The third-order valence-electron chi connectivity index (χ3n) is 3.11. The largest absolute Gasteiger partial charge is 0.348 e. The average Bonchev–Trinajstić information content (AvgIpc) is 2.91. The van der Waals surface area contributed by atoms with Crippen molar-refractivity contribution in [1.29, 1.82) is 0 Å². The Kier molecular flexibility index (Phi) is 2.99. The summed E-state index contributed by atoms with van der Waals surface area (Å²) in [5.74, 6) is 0.490. The zero-order valence-electron chi connectivity index (χ0n) is 8.86. The van der Waals surface area contributed by atoms with Crippen LogP contribution in [0.1, 0.15) is 43.1 Å². The summed E-state index contributed by atoms with van der Waals surface area (Å²) in [7, 11) is 0. The Morgan fingerprint density at radius 1 is 1.60 bits per heavy atom. The number of nitrogens with zero attached hydrogens (tertiary/aromatic N) is 2. The highest BCUT2D eigenvalue weighted by Gasteiger charge is 2.23. The van der Waals surface area contributed by atoms with Gasteiger partial charge in [-0.2, -0.15) is 15.4 Å². The van der Waals surface area contributed by atoms with Crippen molar-refractivity contribution in [2.24, 2.45) is 5.92 Å². The molecule has 0 saturated heterocycles. The van der Waals surface area contributed by atoms with Crippen LogP contribution in [0.25, 0.3) is 0 Å². The second-order valence-corrected chi connectivity index (χ2v) is 4.16. The first-order chi connectivity index (χ1) is 7.27. The molecule has 0 bridgehead atoms. The quantitative estimate of drug-likeness (QED) is 0.781. The summed E-state index contributed by atoms with van der Waals surface area (Å²) in [6.45, 7) is 2.06. The van der Waals surface area contributed by atoms with Crippen molar-refractivity contribution in [2.45, 2.75) is 38.6 Å². The van der Waals surface area contributed by atoms with Crippen molar-refractivity contribution in [3.63, 3.8) is 0 Å². The molecule has 1 aliphatic carbocycles. The molecule has 1 aromatic rings. The van der Waals surface area contributed by atoms with Crippen LogP contribution in [-0.4, -0.2) is 27.4 Å². The van der Waals surface area contributed by atoms with E-state index in [2.05, 4.69) is 27.7 Å². The summed E-state index contributed by atoms with van der Waals surface area (Å²) in [4.78, 5) is 11.6. The number of carbonyl (C=O) groups excluding carboxylic acids is 1. The van der Waals surface area contributed by atoms with Crippen LogP contribution in [0.2, 0.25) is 0 Å². The monoisotopic (exact) mass is 208 g/mol. The van der Waals surface area contributed by atoms with Gasteiger partial charge in [-0.15, -0.1) is 0 Å². The maximum Gasteiger partial charge on any atom is 0.273 e. The fourth-order valence-electron chi connectivity index (χ4n) is 2.17. The molecule has 1 unspecified atom stereocenters. The fourth-order valence-corrected chi connectivity index (χ4v) is 2.17. The molecule has 1 amide bonds. The molecule has 2 N–H and O–H groups in total. The van der Waals surface area contributed by atoms with Gasteiger partial charge in [-0.25, -0.2) is 0 Å². The van der Waals surface area contributed by atoms with Crippen molar-refractivity contribution >= 4 is 5.91 Å². The van der Waals surface area contributed by atoms with Gasteiger partial charge in [-0.05, 0) is 25.7 Å². The predicted molar refractivity (Wildman–Crippen MR) is 55.3 cm³/mol. The molecule has 82 valence electrons. The Labute approximate surface area is 88.6 Å². The summed E-state index contributed by atoms with van der Waals surface area (Å²) < 4.78 is 0.